The fourth-order valence-electron chi connectivity index (χ4n) is 2.43. The average molecular weight is 298 g/mol. The highest BCUT2D eigenvalue weighted by Crippen LogP contribution is 2.48. The topological polar surface area (TPSA) is 38.0 Å². The van der Waals surface area contributed by atoms with Crippen molar-refractivity contribution in [3.8, 4) is 0 Å². The first kappa shape index (κ1) is 15.2. The molecule has 1 aromatic rings. The Labute approximate surface area is 112 Å². The van der Waals surface area contributed by atoms with E-state index in [4.69, 9.17) is 0 Å². The fourth-order valence-corrected chi connectivity index (χ4v) is 2.43. The molecule has 1 heterocycles. The summed E-state index contributed by atoms with van der Waals surface area (Å²) in [5.41, 5.74) is -2.62. The number of hydrogen-bond donors (Lipinski definition) is 1. The molecule has 0 fully saturated rings. The minimum Gasteiger partial charge on any atom is -0.385 e. The molecule has 114 valence electrons. The van der Waals surface area contributed by atoms with Gasteiger partial charge in [0.2, 0.25) is 0 Å². The lowest BCUT2D eigenvalue weighted by Gasteiger charge is -2.12. The molecule has 20 heavy (non-hydrogen) atoms. The van der Waals surface area contributed by atoms with Gasteiger partial charge in [-0.05, 0) is 6.42 Å². The van der Waals surface area contributed by atoms with E-state index in [0.29, 0.717) is 6.42 Å². The first-order chi connectivity index (χ1) is 9.29. The van der Waals surface area contributed by atoms with Crippen LogP contribution in [0.2, 0.25) is 0 Å². The first-order valence-corrected chi connectivity index (χ1v) is 6.43. The summed E-state index contributed by atoms with van der Waals surface area (Å²) in [7, 11) is 0. The predicted octanol–water partition coefficient (Wildman–Crippen LogP) is 3.49. The molecule has 0 amide bonds. The number of aryl methyl sites for hydroxylation is 1. The third kappa shape index (κ3) is 2.41. The monoisotopic (exact) mass is 298 g/mol. The van der Waals surface area contributed by atoms with E-state index in [0.717, 1.165) is 17.5 Å². The molecule has 0 saturated heterocycles. The zero-order chi connectivity index (χ0) is 15.1. The summed E-state index contributed by atoms with van der Waals surface area (Å²) in [4.78, 5) is 0. The first-order valence-electron chi connectivity index (χ1n) is 6.43. The summed E-state index contributed by atoms with van der Waals surface area (Å²) in [5, 5.41) is 12.8. The van der Waals surface area contributed by atoms with E-state index in [-0.39, 0.29) is 6.54 Å². The van der Waals surface area contributed by atoms with Gasteiger partial charge in [-0.3, -0.25) is 4.68 Å². The Morgan fingerprint density at radius 1 is 1.25 bits per heavy atom. The van der Waals surface area contributed by atoms with Crippen LogP contribution in [0.15, 0.2) is 0 Å². The van der Waals surface area contributed by atoms with Crippen LogP contribution < -0.4 is 0 Å². The van der Waals surface area contributed by atoms with Crippen LogP contribution in [0.3, 0.4) is 0 Å². The molecule has 0 spiro atoms. The minimum absolute atomic E-state index is 0.0755. The third-order valence-corrected chi connectivity index (χ3v) is 3.41. The molecule has 0 saturated carbocycles. The number of alkyl halides is 5. The standard InChI is InChI=1S/C12H15F5N2O/c1-2-3-4-5-19-9-6(10(20)8(14)7(9)13)11(18-19)12(15,16)17/h7-8,10,20H,2-5H2,1H3/t7-,8+,10-/m0/s1. The summed E-state index contributed by atoms with van der Waals surface area (Å²) in [6.07, 6.45) is -9.51. The Hall–Kier alpha value is -1.18. The molecule has 3 nitrogen and oxygen atoms in total. The Kier molecular flexibility index (Phi) is 4.04. The SMILES string of the molecule is CCCCCn1nc(C(F)(F)F)c2c1[C@@H](F)[C@@H](F)[C@H]2O. The van der Waals surface area contributed by atoms with Gasteiger partial charge in [0, 0.05) is 12.1 Å². The Morgan fingerprint density at radius 2 is 1.90 bits per heavy atom. The van der Waals surface area contributed by atoms with Gasteiger partial charge in [0.1, 0.15) is 6.10 Å². The lowest BCUT2D eigenvalue weighted by molar-refractivity contribution is -0.143. The van der Waals surface area contributed by atoms with Crippen molar-refractivity contribution in [2.24, 2.45) is 0 Å². The Bertz CT molecular complexity index is 485. The molecule has 1 aliphatic rings. The number of hydrogen-bond acceptors (Lipinski definition) is 2. The second-order valence-electron chi connectivity index (χ2n) is 4.87. The van der Waals surface area contributed by atoms with Crippen molar-refractivity contribution in [1.82, 2.24) is 9.78 Å². The summed E-state index contributed by atoms with van der Waals surface area (Å²) in [6, 6.07) is 0. The summed E-state index contributed by atoms with van der Waals surface area (Å²) < 4.78 is 66.6. The summed E-state index contributed by atoms with van der Waals surface area (Å²) in [5.74, 6) is 0. The molecule has 0 aromatic carbocycles. The van der Waals surface area contributed by atoms with E-state index in [1.807, 2.05) is 6.92 Å². The summed E-state index contributed by atoms with van der Waals surface area (Å²) >= 11 is 0. The van der Waals surface area contributed by atoms with Gasteiger partial charge in [0.25, 0.3) is 0 Å². The fraction of sp³-hybridized carbons (Fsp3) is 0.750. The van der Waals surface area contributed by atoms with Gasteiger partial charge >= 0.3 is 6.18 Å². The molecule has 1 aromatic heterocycles. The van der Waals surface area contributed by atoms with Crippen LogP contribution in [-0.4, -0.2) is 21.1 Å². The zero-order valence-corrected chi connectivity index (χ0v) is 10.8. The maximum Gasteiger partial charge on any atom is 0.435 e. The Balaban J connectivity index is 2.43. The number of aliphatic hydroxyl groups is 1. The van der Waals surface area contributed by atoms with E-state index in [1.165, 1.54) is 0 Å². The third-order valence-electron chi connectivity index (χ3n) is 3.41. The number of halogens is 5. The average Bonchev–Trinajstić information content (AvgIpc) is 2.84. The largest absolute Gasteiger partial charge is 0.435 e. The van der Waals surface area contributed by atoms with E-state index in [1.54, 1.807) is 0 Å². The lowest BCUT2D eigenvalue weighted by Crippen LogP contribution is -2.17. The quantitative estimate of drug-likeness (QED) is 0.682. The highest BCUT2D eigenvalue weighted by Gasteiger charge is 2.51. The molecule has 0 bridgehead atoms. The van der Waals surface area contributed by atoms with Crippen molar-refractivity contribution < 1.29 is 27.1 Å². The van der Waals surface area contributed by atoms with Crippen LogP contribution in [0.5, 0.6) is 0 Å². The van der Waals surface area contributed by atoms with Crippen molar-refractivity contribution in [3.05, 3.63) is 17.0 Å². The second kappa shape index (κ2) is 5.31. The van der Waals surface area contributed by atoms with Gasteiger partial charge in [-0.15, -0.1) is 0 Å². The van der Waals surface area contributed by atoms with Crippen molar-refractivity contribution in [3.63, 3.8) is 0 Å². The molecule has 3 atom stereocenters. The van der Waals surface area contributed by atoms with Crippen LogP contribution in [0, 0.1) is 0 Å². The van der Waals surface area contributed by atoms with Gasteiger partial charge in [-0.1, -0.05) is 19.8 Å². The van der Waals surface area contributed by atoms with E-state index in [9.17, 15) is 27.1 Å². The van der Waals surface area contributed by atoms with Gasteiger partial charge in [-0.2, -0.15) is 18.3 Å². The number of unbranched alkanes of at least 4 members (excludes halogenated alkanes) is 2. The minimum atomic E-state index is -4.84. The van der Waals surface area contributed by atoms with Crippen LogP contribution in [0.1, 0.15) is 55.4 Å². The summed E-state index contributed by atoms with van der Waals surface area (Å²) in [6.45, 7) is 1.99. The molecule has 0 unspecified atom stereocenters. The van der Waals surface area contributed by atoms with E-state index < -0.39 is 41.6 Å². The zero-order valence-electron chi connectivity index (χ0n) is 10.8. The van der Waals surface area contributed by atoms with Crippen LogP contribution in [0.4, 0.5) is 22.0 Å². The van der Waals surface area contributed by atoms with Gasteiger partial charge in [0.05, 0.1) is 5.69 Å². The van der Waals surface area contributed by atoms with E-state index in [2.05, 4.69) is 5.10 Å². The van der Waals surface area contributed by atoms with Gasteiger partial charge in [0.15, 0.2) is 18.0 Å². The number of fused-ring (bicyclic) bond motifs is 1. The van der Waals surface area contributed by atoms with Crippen molar-refractivity contribution in [1.29, 1.82) is 0 Å². The van der Waals surface area contributed by atoms with Gasteiger partial charge < -0.3 is 5.11 Å². The van der Waals surface area contributed by atoms with Crippen LogP contribution in [0.25, 0.3) is 0 Å². The normalized spacial score (nSPS) is 26.1. The number of nitrogens with zero attached hydrogens (tertiary/aromatic N) is 2. The molecule has 1 aliphatic carbocycles. The molecule has 2 rings (SSSR count). The molecule has 0 aliphatic heterocycles. The highest BCUT2D eigenvalue weighted by atomic mass is 19.4. The molecule has 8 heteroatoms. The number of aromatic nitrogens is 2. The lowest BCUT2D eigenvalue weighted by atomic mass is 10.1. The number of rotatable bonds is 4. The maximum absolute atomic E-state index is 13.8. The van der Waals surface area contributed by atoms with Crippen LogP contribution in [-0.2, 0) is 12.7 Å². The van der Waals surface area contributed by atoms with Crippen LogP contribution >= 0.6 is 0 Å². The second-order valence-corrected chi connectivity index (χ2v) is 4.87. The van der Waals surface area contributed by atoms with E-state index >= 15 is 0 Å². The molecule has 0 radical (unpaired) electrons. The molecular weight excluding hydrogens is 283 g/mol. The van der Waals surface area contributed by atoms with Crippen molar-refractivity contribution >= 4 is 0 Å². The highest BCUT2D eigenvalue weighted by molar-refractivity contribution is 5.38. The van der Waals surface area contributed by atoms with Crippen molar-refractivity contribution in [2.45, 2.75) is 57.4 Å². The molecule has 1 N–H and O–H groups in total. The predicted molar refractivity (Wildman–Crippen MR) is 60.5 cm³/mol. The van der Waals surface area contributed by atoms with Crippen molar-refractivity contribution in [2.75, 3.05) is 0 Å². The number of aliphatic hydroxyl groups excluding tert-OH is 1. The maximum atomic E-state index is 13.8. The smallest absolute Gasteiger partial charge is 0.385 e. The molecular formula is C12H15F5N2O. The van der Waals surface area contributed by atoms with Gasteiger partial charge in [-0.25, -0.2) is 8.78 Å². The Morgan fingerprint density at radius 3 is 2.45 bits per heavy atom.